The van der Waals surface area contributed by atoms with Crippen LogP contribution in [0.15, 0.2) is 12.2 Å². The molecule has 3 N–H and O–H groups in total. The lowest BCUT2D eigenvalue weighted by atomic mass is 10.0. The van der Waals surface area contributed by atoms with Gasteiger partial charge in [-0.05, 0) is 51.4 Å². The highest BCUT2D eigenvalue weighted by molar-refractivity contribution is 5.77. The molecular weight excluding hydrogens is 683 g/mol. The minimum absolute atomic E-state index is 0.0816. The molecule has 0 aliphatic heterocycles. The SMILES string of the molecule is CCCCCC/C=C\CCCCCCCCCC(=O)OC(CCCCCCCCCC)CC(=O)NC(CO)C(O)CCCCCCCCCCCCCCC. The maximum Gasteiger partial charge on any atom is 0.306 e. The number of ether oxygens (including phenoxy) is 1. The summed E-state index contributed by atoms with van der Waals surface area (Å²) in [4.78, 5) is 26.0. The van der Waals surface area contributed by atoms with Gasteiger partial charge in [-0.2, -0.15) is 0 Å². The molecule has 55 heavy (non-hydrogen) atoms. The van der Waals surface area contributed by atoms with E-state index in [4.69, 9.17) is 4.74 Å². The van der Waals surface area contributed by atoms with Crippen molar-refractivity contribution in [2.24, 2.45) is 0 Å². The summed E-state index contributed by atoms with van der Waals surface area (Å²) < 4.78 is 5.90. The van der Waals surface area contributed by atoms with Crippen LogP contribution in [0.4, 0.5) is 0 Å². The topological polar surface area (TPSA) is 95.9 Å². The number of carbonyl (C=O) groups excluding carboxylic acids is 2. The highest BCUT2D eigenvalue weighted by Crippen LogP contribution is 2.18. The van der Waals surface area contributed by atoms with Crippen LogP contribution in [0, 0.1) is 0 Å². The van der Waals surface area contributed by atoms with E-state index in [0.717, 1.165) is 44.9 Å². The lowest BCUT2D eigenvalue weighted by molar-refractivity contribution is -0.151. The molecule has 0 radical (unpaired) electrons. The third-order valence-corrected chi connectivity index (χ3v) is 11.3. The first-order valence-electron chi connectivity index (χ1n) is 24.4. The van der Waals surface area contributed by atoms with Gasteiger partial charge in [-0.1, -0.05) is 213 Å². The number of esters is 1. The Bertz CT molecular complexity index is 832. The molecule has 0 aromatic carbocycles. The largest absolute Gasteiger partial charge is 0.462 e. The summed E-state index contributed by atoms with van der Waals surface area (Å²) in [5, 5.41) is 23.7. The minimum Gasteiger partial charge on any atom is -0.462 e. The summed E-state index contributed by atoms with van der Waals surface area (Å²) in [6.45, 7) is 6.46. The Balaban J connectivity index is 4.42. The number of hydrogen-bond donors (Lipinski definition) is 3. The van der Waals surface area contributed by atoms with E-state index in [2.05, 4.69) is 38.2 Å². The van der Waals surface area contributed by atoms with Crippen LogP contribution < -0.4 is 5.32 Å². The molecule has 0 aromatic heterocycles. The molecule has 6 heteroatoms. The second kappa shape index (κ2) is 43.7. The van der Waals surface area contributed by atoms with Crippen molar-refractivity contribution >= 4 is 11.9 Å². The van der Waals surface area contributed by atoms with Crippen LogP contribution in [-0.4, -0.2) is 46.9 Å². The van der Waals surface area contributed by atoms with E-state index < -0.39 is 18.2 Å². The van der Waals surface area contributed by atoms with Crippen LogP contribution in [0.2, 0.25) is 0 Å². The number of nitrogens with one attached hydrogen (secondary N) is 1. The molecule has 0 aliphatic carbocycles. The molecule has 0 bridgehead atoms. The van der Waals surface area contributed by atoms with Gasteiger partial charge in [-0.3, -0.25) is 9.59 Å². The number of amides is 1. The summed E-state index contributed by atoms with van der Waals surface area (Å²) >= 11 is 0. The zero-order chi connectivity index (χ0) is 40.3. The minimum atomic E-state index is -0.780. The summed E-state index contributed by atoms with van der Waals surface area (Å²) in [7, 11) is 0. The van der Waals surface area contributed by atoms with Gasteiger partial charge >= 0.3 is 5.97 Å². The number of unbranched alkanes of at least 4 members (excludes halogenated alkanes) is 30. The van der Waals surface area contributed by atoms with Crippen molar-refractivity contribution < 1.29 is 24.5 Å². The Labute approximate surface area is 342 Å². The summed E-state index contributed by atoms with van der Waals surface area (Å²) in [5.74, 6) is -0.469. The Morgan fingerprint density at radius 1 is 0.509 bits per heavy atom. The van der Waals surface area contributed by atoms with Gasteiger partial charge in [0.1, 0.15) is 6.10 Å². The van der Waals surface area contributed by atoms with E-state index in [0.29, 0.717) is 19.3 Å². The van der Waals surface area contributed by atoms with Crippen molar-refractivity contribution in [2.75, 3.05) is 6.61 Å². The second-order valence-electron chi connectivity index (χ2n) is 16.9. The molecule has 0 fully saturated rings. The maximum atomic E-state index is 13.1. The fourth-order valence-electron chi connectivity index (χ4n) is 7.60. The summed E-state index contributed by atoms with van der Waals surface area (Å²) in [5.41, 5.74) is 0. The van der Waals surface area contributed by atoms with Gasteiger partial charge in [-0.25, -0.2) is 0 Å². The lowest BCUT2D eigenvalue weighted by Crippen LogP contribution is -2.46. The third kappa shape index (κ3) is 39.2. The smallest absolute Gasteiger partial charge is 0.306 e. The summed E-state index contributed by atoms with van der Waals surface area (Å²) in [6.07, 6.45) is 47.0. The molecule has 3 unspecified atom stereocenters. The van der Waals surface area contributed by atoms with E-state index in [1.807, 2.05) is 0 Å². The third-order valence-electron chi connectivity index (χ3n) is 11.3. The second-order valence-corrected chi connectivity index (χ2v) is 16.9. The van der Waals surface area contributed by atoms with E-state index in [9.17, 15) is 19.8 Å². The molecule has 1 amide bonds. The highest BCUT2D eigenvalue weighted by Gasteiger charge is 2.24. The molecule has 3 atom stereocenters. The number of hydrogen-bond acceptors (Lipinski definition) is 5. The van der Waals surface area contributed by atoms with E-state index >= 15 is 0 Å². The first-order valence-corrected chi connectivity index (χ1v) is 24.4. The molecule has 6 nitrogen and oxygen atoms in total. The molecule has 0 spiro atoms. The Morgan fingerprint density at radius 3 is 1.31 bits per heavy atom. The normalized spacial score (nSPS) is 13.3. The number of aliphatic hydroxyl groups excluding tert-OH is 2. The molecule has 0 heterocycles. The fourth-order valence-corrected chi connectivity index (χ4v) is 7.60. The zero-order valence-corrected chi connectivity index (χ0v) is 37.1. The molecule has 0 saturated heterocycles. The lowest BCUT2D eigenvalue weighted by Gasteiger charge is -2.24. The predicted octanol–water partition coefficient (Wildman–Crippen LogP) is 14.2. The molecule has 0 rings (SSSR count). The van der Waals surface area contributed by atoms with Gasteiger partial charge in [0.2, 0.25) is 5.91 Å². The van der Waals surface area contributed by atoms with Crippen LogP contribution in [-0.2, 0) is 14.3 Å². The molecular formula is C49H95NO5. The van der Waals surface area contributed by atoms with E-state index in [-0.39, 0.29) is 24.9 Å². The molecule has 0 aromatic rings. The van der Waals surface area contributed by atoms with Crippen LogP contribution in [0.25, 0.3) is 0 Å². The van der Waals surface area contributed by atoms with E-state index in [1.54, 1.807) is 0 Å². The zero-order valence-electron chi connectivity index (χ0n) is 37.1. The van der Waals surface area contributed by atoms with Crippen LogP contribution >= 0.6 is 0 Å². The standard InChI is InChI=1S/C49H95NO5/c1-4-7-10-13-16-19-21-23-24-26-28-30-33-36-39-42-49(54)55-45(40-37-34-31-18-15-12-9-6-3)43-48(53)50-46(44-51)47(52)41-38-35-32-29-27-25-22-20-17-14-11-8-5-2/h19,21,45-47,51-52H,4-18,20,22-44H2,1-3H3,(H,50,53)/b21-19-. The average molecular weight is 778 g/mol. The Kier molecular flexibility index (Phi) is 42.6. The molecule has 326 valence electrons. The highest BCUT2D eigenvalue weighted by atomic mass is 16.5. The van der Waals surface area contributed by atoms with Crippen molar-refractivity contribution in [1.29, 1.82) is 0 Å². The van der Waals surface area contributed by atoms with Gasteiger partial charge in [0.05, 0.1) is 25.2 Å². The van der Waals surface area contributed by atoms with Gasteiger partial charge < -0.3 is 20.3 Å². The van der Waals surface area contributed by atoms with Crippen LogP contribution in [0.1, 0.15) is 265 Å². The Hall–Kier alpha value is -1.40. The average Bonchev–Trinajstić information content (AvgIpc) is 3.18. The maximum absolute atomic E-state index is 13.1. The Morgan fingerprint density at radius 2 is 0.873 bits per heavy atom. The van der Waals surface area contributed by atoms with Crippen LogP contribution in [0.3, 0.4) is 0 Å². The number of allylic oxidation sites excluding steroid dienone is 2. The number of rotatable bonds is 44. The van der Waals surface area contributed by atoms with Crippen molar-refractivity contribution in [3.8, 4) is 0 Å². The molecule has 0 aliphatic rings. The van der Waals surface area contributed by atoms with Crippen LogP contribution in [0.5, 0.6) is 0 Å². The van der Waals surface area contributed by atoms with Gasteiger partial charge in [0, 0.05) is 6.42 Å². The van der Waals surface area contributed by atoms with Gasteiger partial charge in [0.15, 0.2) is 0 Å². The number of carbonyl (C=O) groups is 2. The van der Waals surface area contributed by atoms with E-state index in [1.165, 1.54) is 173 Å². The van der Waals surface area contributed by atoms with Crippen molar-refractivity contribution in [3.05, 3.63) is 12.2 Å². The van der Waals surface area contributed by atoms with Crippen molar-refractivity contribution in [1.82, 2.24) is 5.32 Å². The predicted molar refractivity (Wildman–Crippen MR) is 237 cm³/mol. The summed E-state index contributed by atoms with van der Waals surface area (Å²) in [6, 6.07) is -0.693. The van der Waals surface area contributed by atoms with Crippen molar-refractivity contribution in [2.45, 2.75) is 283 Å². The molecule has 0 saturated carbocycles. The first kappa shape index (κ1) is 53.6. The van der Waals surface area contributed by atoms with Gasteiger partial charge in [-0.15, -0.1) is 0 Å². The van der Waals surface area contributed by atoms with Gasteiger partial charge in [0.25, 0.3) is 0 Å². The monoisotopic (exact) mass is 778 g/mol. The fraction of sp³-hybridized carbons (Fsp3) is 0.918. The quantitative estimate of drug-likeness (QED) is 0.0325. The first-order chi connectivity index (χ1) is 27.0. The number of aliphatic hydroxyl groups is 2. The van der Waals surface area contributed by atoms with Crippen molar-refractivity contribution in [3.63, 3.8) is 0 Å².